The molecule has 1 heterocycles. The monoisotopic (exact) mass is 248 g/mol. The topological polar surface area (TPSA) is 34.9 Å². The highest BCUT2D eigenvalue weighted by Crippen LogP contribution is 2.19. The van der Waals surface area contributed by atoms with E-state index in [0.717, 1.165) is 11.1 Å². The van der Waals surface area contributed by atoms with Gasteiger partial charge in [-0.05, 0) is 24.1 Å². The summed E-state index contributed by atoms with van der Waals surface area (Å²) in [5.74, 6) is 0.435. The van der Waals surface area contributed by atoms with Crippen molar-refractivity contribution in [3.63, 3.8) is 0 Å². The molecule has 0 fully saturated rings. The zero-order chi connectivity index (χ0) is 12.4. The Hall–Kier alpha value is -1.61. The van der Waals surface area contributed by atoms with Crippen LogP contribution in [0.5, 0.6) is 0 Å². The SMILES string of the molecule is Cc1ccc(CC(=O)c2nccn2C)c(Cl)c1. The van der Waals surface area contributed by atoms with Gasteiger partial charge in [0.2, 0.25) is 5.78 Å². The fourth-order valence-corrected chi connectivity index (χ4v) is 1.98. The molecule has 0 unspecified atom stereocenters. The third-order valence-corrected chi connectivity index (χ3v) is 2.98. The van der Waals surface area contributed by atoms with Crippen molar-refractivity contribution in [3.8, 4) is 0 Å². The fraction of sp³-hybridized carbons (Fsp3) is 0.231. The lowest BCUT2D eigenvalue weighted by Crippen LogP contribution is -2.10. The summed E-state index contributed by atoms with van der Waals surface area (Å²) in [7, 11) is 1.80. The van der Waals surface area contributed by atoms with Crippen LogP contribution in [0.25, 0.3) is 0 Å². The molecule has 0 spiro atoms. The summed E-state index contributed by atoms with van der Waals surface area (Å²) in [6.45, 7) is 1.97. The number of aryl methyl sites for hydroxylation is 2. The molecule has 88 valence electrons. The molecule has 0 aliphatic heterocycles. The van der Waals surface area contributed by atoms with Crippen LogP contribution in [-0.2, 0) is 13.5 Å². The first-order valence-electron chi connectivity index (χ1n) is 5.33. The smallest absolute Gasteiger partial charge is 0.202 e. The van der Waals surface area contributed by atoms with E-state index >= 15 is 0 Å². The number of carbonyl (C=O) groups is 1. The van der Waals surface area contributed by atoms with Gasteiger partial charge in [0, 0.05) is 30.9 Å². The molecule has 0 radical (unpaired) electrons. The molecule has 0 saturated carbocycles. The van der Waals surface area contributed by atoms with Gasteiger partial charge in [0.15, 0.2) is 5.82 Å². The molecule has 1 aromatic carbocycles. The van der Waals surface area contributed by atoms with Crippen LogP contribution < -0.4 is 0 Å². The second kappa shape index (κ2) is 4.72. The van der Waals surface area contributed by atoms with Crippen LogP contribution in [-0.4, -0.2) is 15.3 Å². The summed E-state index contributed by atoms with van der Waals surface area (Å²) in [4.78, 5) is 16.0. The number of aromatic nitrogens is 2. The Labute approximate surface area is 105 Å². The van der Waals surface area contributed by atoms with Crippen LogP contribution in [0.3, 0.4) is 0 Å². The summed E-state index contributed by atoms with van der Waals surface area (Å²) in [6.07, 6.45) is 3.65. The number of rotatable bonds is 3. The van der Waals surface area contributed by atoms with Gasteiger partial charge in [-0.3, -0.25) is 4.79 Å². The maximum Gasteiger partial charge on any atom is 0.202 e. The number of nitrogens with zero attached hydrogens (tertiary/aromatic N) is 2. The second-order valence-electron chi connectivity index (χ2n) is 4.06. The van der Waals surface area contributed by atoms with Crippen molar-refractivity contribution in [1.29, 1.82) is 0 Å². The van der Waals surface area contributed by atoms with Crippen LogP contribution in [0.2, 0.25) is 5.02 Å². The summed E-state index contributed by atoms with van der Waals surface area (Å²) in [5.41, 5.74) is 1.92. The zero-order valence-electron chi connectivity index (χ0n) is 9.77. The van der Waals surface area contributed by atoms with E-state index in [0.29, 0.717) is 10.8 Å². The third-order valence-electron chi connectivity index (χ3n) is 2.63. The Balaban J connectivity index is 2.22. The lowest BCUT2D eigenvalue weighted by molar-refractivity contribution is 0.0980. The van der Waals surface area contributed by atoms with E-state index in [9.17, 15) is 4.79 Å². The van der Waals surface area contributed by atoms with E-state index in [1.54, 1.807) is 24.0 Å². The van der Waals surface area contributed by atoms with Crippen molar-refractivity contribution in [1.82, 2.24) is 9.55 Å². The molecule has 0 aliphatic carbocycles. The van der Waals surface area contributed by atoms with Gasteiger partial charge in [-0.25, -0.2) is 4.98 Å². The van der Waals surface area contributed by atoms with Gasteiger partial charge in [0.1, 0.15) is 0 Å². The van der Waals surface area contributed by atoms with Gasteiger partial charge in [-0.15, -0.1) is 0 Å². The number of hydrogen-bond donors (Lipinski definition) is 0. The Morgan fingerprint density at radius 1 is 1.47 bits per heavy atom. The maximum atomic E-state index is 12.0. The highest BCUT2D eigenvalue weighted by Gasteiger charge is 2.13. The molecule has 0 amide bonds. The summed E-state index contributed by atoms with van der Waals surface area (Å²) in [5, 5.41) is 0.632. The number of halogens is 1. The molecule has 3 nitrogen and oxygen atoms in total. The quantitative estimate of drug-likeness (QED) is 0.783. The van der Waals surface area contributed by atoms with Gasteiger partial charge in [-0.2, -0.15) is 0 Å². The Morgan fingerprint density at radius 2 is 2.24 bits per heavy atom. The lowest BCUT2D eigenvalue weighted by atomic mass is 10.1. The fourth-order valence-electron chi connectivity index (χ4n) is 1.68. The zero-order valence-corrected chi connectivity index (χ0v) is 10.5. The molecular weight excluding hydrogens is 236 g/mol. The number of carbonyl (C=O) groups excluding carboxylic acids is 1. The van der Waals surface area contributed by atoms with Crippen molar-refractivity contribution in [2.45, 2.75) is 13.3 Å². The Bertz CT molecular complexity index is 560. The summed E-state index contributed by atoms with van der Waals surface area (Å²) in [6, 6.07) is 5.70. The average molecular weight is 249 g/mol. The molecule has 1 aromatic heterocycles. The van der Waals surface area contributed by atoms with Crippen LogP contribution >= 0.6 is 11.6 Å². The van der Waals surface area contributed by atoms with E-state index in [2.05, 4.69) is 4.98 Å². The third kappa shape index (κ3) is 2.56. The molecule has 2 aromatic rings. The van der Waals surface area contributed by atoms with Gasteiger partial charge < -0.3 is 4.57 Å². The van der Waals surface area contributed by atoms with E-state index in [4.69, 9.17) is 11.6 Å². The van der Waals surface area contributed by atoms with Crippen LogP contribution in [0.4, 0.5) is 0 Å². The van der Waals surface area contributed by atoms with Crippen molar-refractivity contribution < 1.29 is 4.79 Å². The normalized spacial score (nSPS) is 10.5. The van der Waals surface area contributed by atoms with E-state index < -0.39 is 0 Å². The van der Waals surface area contributed by atoms with Crippen LogP contribution in [0, 0.1) is 6.92 Å². The van der Waals surface area contributed by atoms with Gasteiger partial charge in [0.25, 0.3) is 0 Å². The first-order valence-corrected chi connectivity index (χ1v) is 5.71. The second-order valence-corrected chi connectivity index (χ2v) is 4.46. The highest BCUT2D eigenvalue weighted by molar-refractivity contribution is 6.31. The average Bonchev–Trinajstić information content (AvgIpc) is 2.68. The van der Waals surface area contributed by atoms with E-state index in [1.807, 2.05) is 25.1 Å². The van der Waals surface area contributed by atoms with Crippen molar-refractivity contribution in [2.75, 3.05) is 0 Å². The molecule has 0 atom stereocenters. The van der Waals surface area contributed by atoms with Crippen LogP contribution in [0.15, 0.2) is 30.6 Å². The number of imidazole rings is 1. The summed E-state index contributed by atoms with van der Waals surface area (Å²) >= 11 is 6.10. The molecule has 0 N–H and O–H groups in total. The number of ketones is 1. The molecule has 0 saturated heterocycles. The number of Topliss-reactive ketones (excluding diaryl/α,β-unsaturated/α-hetero) is 1. The Kier molecular flexibility index (Phi) is 3.29. The molecule has 4 heteroatoms. The molecular formula is C13H13ClN2O. The van der Waals surface area contributed by atoms with E-state index in [-0.39, 0.29) is 12.2 Å². The lowest BCUT2D eigenvalue weighted by Gasteiger charge is -2.04. The minimum atomic E-state index is -0.0248. The van der Waals surface area contributed by atoms with Crippen LogP contribution in [0.1, 0.15) is 21.7 Å². The number of benzene rings is 1. The first kappa shape index (κ1) is 11.9. The van der Waals surface area contributed by atoms with Gasteiger partial charge in [-0.1, -0.05) is 23.7 Å². The predicted molar refractivity (Wildman–Crippen MR) is 67.4 cm³/mol. The number of hydrogen-bond acceptors (Lipinski definition) is 2. The predicted octanol–water partition coefficient (Wildman–Crippen LogP) is 2.81. The van der Waals surface area contributed by atoms with Gasteiger partial charge >= 0.3 is 0 Å². The standard InChI is InChI=1S/C13H13ClN2O/c1-9-3-4-10(11(14)7-9)8-12(17)13-15-5-6-16(13)2/h3-7H,8H2,1-2H3. The molecule has 17 heavy (non-hydrogen) atoms. The Morgan fingerprint density at radius 3 is 2.82 bits per heavy atom. The molecule has 0 aliphatic rings. The largest absolute Gasteiger partial charge is 0.332 e. The molecule has 2 rings (SSSR count). The van der Waals surface area contributed by atoms with Gasteiger partial charge in [0.05, 0.1) is 0 Å². The van der Waals surface area contributed by atoms with Crippen molar-refractivity contribution >= 4 is 17.4 Å². The minimum absolute atomic E-state index is 0.0248. The first-order chi connectivity index (χ1) is 8.08. The highest BCUT2D eigenvalue weighted by atomic mass is 35.5. The van der Waals surface area contributed by atoms with Crippen molar-refractivity contribution in [2.24, 2.45) is 7.05 Å². The minimum Gasteiger partial charge on any atom is -0.332 e. The molecule has 0 bridgehead atoms. The van der Waals surface area contributed by atoms with E-state index in [1.165, 1.54) is 0 Å². The maximum absolute atomic E-state index is 12.0. The summed E-state index contributed by atoms with van der Waals surface area (Å²) < 4.78 is 1.71. The van der Waals surface area contributed by atoms with Crippen molar-refractivity contribution in [3.05, 3.63) is 52.6 Å².